The Morgan fingerprint density at radius 2 is 1.90 bits per heavy atom. The molecule has 7 nitrogen and oxygen atoms in total. The second-order valence-corrected chi connectivity index (χ2v) is 7.68. The van der Waals surface area contributed by atoms with Crippen molar-refractivity contribution in [2.75, 3.05) is 32.1 Å². The fourth-order valence-electron chi connectivity index (χ4n) is 3.86. The molecule has 2 N–H and O–H groups in total. The molecule has 1 fully saturated rings. The molecule has 158 valence electrons. The zero-order valence-electron chi connectivity index (χ0n) is 17.7. The Morgan fingerprint density at radius 1 is 1.19 bits per heavy atom. The number of anilines is 1. The highest BCUT2D eigenvalue weighted by molar-refractivity contribution is 5.79. The molecule has 1 aromatic heterocycles. The highest BCUT2D eigenvalue weighted by Gasteiger charge is 2.20. The summed E-state index contributed by atoms with van der Waals surface area (Å²) in [6.07, 6.45) is 1.08. The van der Waals surface area contributed by atoms with Crippen LogP contribution >= 0.6 is 0 Å². The van der Waals surface area contributed by atoms with Gasteiger partial charge in [0.2, 0.25) is 0 Å². The first-order valence-electron chi connectivity index (χ1n) is 10.3. The number of nitriles is 1. The zero-order chi connectivity index (χ0) is 21.8. The fourth-order valence-corrected chi connectivity index (χ4v) is 3.86. The highest BCUT2D eigenvalue weighted by atomic mass is 16.5. The van der Waals surface area contributed by atoms with Gasteiger partial charge in [-0.15, -0.1) is 0 Å². The van der Waals surface area contributed by atoms with Crippen LogP contribution in [0.1, 0.15) is 12.0 Å². The lowest BCUT2D eigenvalue weighted by atomic mass is 10.0. The Morgan fingerprint density at radius 3 is 2.52 bits per heavy atom. The Bertz CT molecular complexity index is 1150. The van der Waals surface area contributed by atoms with E-state index in [1.165, 1.54) is 0 Å². The number of nitrogens with one attached hydrogen (secondary N) is 2. The molecule has 0 radical (unpaired) electrons. The molecular formula is C24H25N5O2. The van der Waals surface area contributed by atoms with E-state index in [2.05, 4.69) is 16.7 Å². The summed E-state index contributed by atoms with van der Waals surface area (Å²) in [7, 11) is 3.38. The molecule has 1 saturated heterocycles. The van der Waals surface area contributed by atoms with E-state index in [-0.39, 0.29) is 5.56 Å². The van der Waals surface area contributed by atoms with Crippen LogP contribution in [0.15, 0.2) is 53.3 Å². The van der Waals surface area contributed by atoms with E-state index < -0.39 is 0 Å². The molecule has 0 aliphatic carbocycles. The predicted molar refractivity (Wildman–Crippen MR) is 121 cm³/mol. The number of nitrogens with zero attached hydrogens (tertiary/aromatic N) is 3. The van der Waals surface area contributed by atoms with Crippen LogP contribution in [0.25, 0.3) is 22.5 Å². The lowest BCUT2D eigenvalue weighted by Gasteiger charge is -2.18. The zero-order valence-corrected chi connectivity index (χ0v) is 17.7. The van der Waals surface area contributed by atoms with E-state index in [0.717, 1.165) is 36.4 Å². The van der Waals surface area contributed by atoms with Crippen LogP contribution in [0.4, 0.5) is 5.82 Å². The minimum atomic E-state index is -0.172. The molecule has 0 unspecified atom stereocenters. The van der Waals surface area contributed by atoms with Gasteiger partial charge in [-0.2, -0.15) is 5.26 Å². The number of aromatic nitrogens is 2. The van der Waals surface area contributed by atoms with Crippen LogP contribution in [-0.4, -0.2) is 36.3 Å². The summed E-state index contributed by atoms with van der Waals surface area (Å²) in [6.45, 7) is 2.65. The number of ether oxygens (including phenoxy) is 1. The number of hydrogen-bond acceptors (Lipinski definition) is 6. The minimum absolute atomic E-state index is 0.172. The van der Waals surface area contributed by atoms with Crippen LogP contribution in [0.5, 0.6) is 5.75 Å². The number of methoxy groups -OCH3 is 1. The van der Waals surface area contributed by atoms with Crippen molar-refractivity contribution in [2.24, 2.45) is 13.0 Å². The van der Waals surface area contributed by atoms with E-state index >= 15 is 0 Å². The third kappa shape index (κ3) is 4.30. The monoisotopic (exact) mass is 415 g/mol. The molecule has 1 aliphatic rings. The molecular weight excluding hydrogens is 390 g/mol. The van der Waals surface area contributed by atoms with Crippen molar-refractivity contribution in [1.29, 1.82) is 5.26 Å². The molecule has 0 spiro atoms. The number of hydrogen-bond donors (Lipinski definition) is 2. The van der Waals surface area contributed by atoms with E-state index in [1.807, 2.05) is 36.4 Å². The lowest BCUT2D eigenvalue weighted by Crippen LogP contribution is -2.27. The number of rotatable bonds is 6. The van der Waals surface area contributed by atoms with Gasteiger partial charge in [0.05, 0.1) is 30.1 Å². The van der Waals surface area contributed by atoms with Crippen molar-refractivity contribution >= 4 is 5.82 Å². The van der Waals surface area contributed by atoms with Gasteiger partial charge < -0.3 is 19.9 Å². The second-order valence-electron chi connectivity index (χ2n) is 7.68. The van der Waals surface area contributed by atoms with Crippen molar-refractivity contribution < 1.29 is 4.74 Å². The van der Waals surface area contributed by atoms with E-state index in [1.54, 1.807) is 30.9 Å². The Balaban J connectivity index is 1.82. The molecule has 0 bridgehead atoms. The molecule has 3 aromatic rings. The first-order valence-corrected chi connectivity index (χ1v) is 10.3. The van der Waals surface area contributed by atoms with Gasteiger partial charge in [-0.1, -0.05) is 12.1 Å². The van der Waals surface area contributed by atoms with Gasteiger partial charge in [-0.25, -0.2) is 4.98 Å². The fraction of sp³-hybridized carbons (Fsp3) is 0.292. The Kier molecular flexibility index (Phi) is 6.01. The molecule has 7 heteroatoms. The topological polar surface area (TPSA) is 92.0 Å². The third-order valence-electron chi connectivity index (χ3n) is 5.66. The van der Waals surface area contributed by atoms with Gasteiger partial charge >= 0.3 is 0 Å². The SMILES string of the molecule is COc1ccc(-c2c(-c3ccc(C#N)cc3)nc(NC[C@@H]3CCNC3)c(=O)n2C)cc1. The van der Waals surface area contributed by atoms with Gasteiger partial charge in [0, 0.05) is 24.7 Å². The van der Waals surface area contributed by atoms with Crippen molar-refractivity contribution in [2.45, 2.75) is 6.42 Å². The summed E-state index contributed by atoms with van der Waals surface area (Å²) >= 11 is 0. The van der Waals surface area contributed by atoms with Crippen molar-refractivity contribution in [1.82, 2.24) is 14.9 Å². The molecule has 4 rings (SSSR count). The lowest BCUT2D eigenvalue weighted by molar-refractivity contribution is 0.415. The largest absolute Gasteiger partial charge is 0.497 e. The summed E-state index contributed by atoms with van der Waals surface area (Å²) in [6, 6.07) is 16.9. The molecule has 2 heterocycles. The number of benzene rings is 2. The van der Waals surface area contributed by atoms with Gasteiger partial charge in [0.25, 0.3) is 5.56 Å². The maximum Gasteiger partial charge on any atom is 0.293 e. The summed E-state index contributed by atoms with van der Waals surface area (Å²) < 4.78 is 6.91. The second kappa shape index (κ2) is 9.02. The molecule has 31 heavy (non-hydrogen) atoms. The first kappa shape index (κ1) is 20.6. The average Bonchev–Trinajstić information content (AvgIpc) is 3.34. The van der Waals surface area contributed by atoms with E-state index in [4.69, 9.17) is 15.0 Å². The molecule has 1 atom stereocenters. The Hall–Kier alpha value is -3.63. The highest BCUT2D eigenvalue weighted by Crippen LogP contribution is 2.31. The van der Waals surface area contributed by atoms with Gasteiger partial charge in [0.1, 0.15) is 5.75 Å². The standard InChI is InChI=1S/C24H25N5O2/c1-29-22(19-7-9-20(31-2)10-8-19)21(18-5-3-16(13-25)4-6-18)28-23(24(29)30)27-15-17-11-12-26-14-17/h3-10,17,26H,11-12,14-15H2,1-2H3,(H,27,28)/t17-/m1/s1. The van der Waals surface area contributed by atoms with E-state index in [9.17, 15) is 4.79 Å². The van der Waals surface area contributed by atoms with Crippen LogP contribution in [-0.2, 0) is 7.05 Å². The van der Waals surface area contributed by atoms with Crippen LogP contribution in [0.3, 0.4) is 0 Å². The Labute approximate surface area is 181 Å². The molecule has 2 aromatic carbocycles. The maximum absolute atomic E-state index is 13.1. The van der Waals surface area contributed by atoms with Crippen molar-refractivity contribution in [3.8, 4) is 34.3 Å². The molecule has 0 saturated carbocycles. The maximum atomic E-state index is 13.1. The van der Waals surface area contributed by atoms with Gasteiger partial charge in [-0.3, -0.25) is 4.79 Å². The smallest absolute Gasteiger partial charge is 0.293 e. The summed E-state index contributed by atoms with van der Waals surface area (Å²) in [5.74, 6) is 1.56. The van der Waals surface area contributed by atoms with Crippen LogP contribution < -0.4 is 20.9 Å². The quantitative estimate of drug-likeness (QED) is 0.643. The summed E-state index contributed by atoms with van der Waals surface area (Å²) in [5, 5.41) is 15.8. The average molecular weight is 415 g/mol. The predicted octanol–water partition coefficient (Wildman–Crippen LogP) is 3.02. The summed E-state index contributed by atoms with van der Waals surface area (Å²) in [5.41, 5.74) is 3.50. The van der Waals surface area contributed by atoms with Gasteiger partial charge in [-0.05, 0) is 61.8 Å². The molecule has 0 amide bonds. The van der Waals surface area contributed by atoms with Crippen LogP contribution in [0, 0.1) is 17.2 Å². The van der Waals surface area contributed by atoms with Crippen molar-refractivity contribution in [3.63, 3.8) is 0 Å². The van der Waals surface area contributed by atoms with Crippen molar-refractivity contribution in [3.05, 3.63) is 64.4 Å². The van der Waals surface area contributed by atoms with Crippen LogP contribution in [0.2, 0.25) is 0 Å². The van der Waals surface area contributed by atoms with Gasteiger partial charge in [0.15, 0.2) is 5.82 Å². The minimum Gasteiger partial charge on any atom is -0.497 e. The van der Waals surface area contributed by atoms with E-state index in [0.29, 0.717) is 35.2 Å². The normalized spacial score (nSPS) is 15.5. The first-order chi connectivity index (χ1) is 15.1. The molecule has 1 aliphatic heterocycles. The third-order valence-corrected chi connectivity index (χ3v) is 5.66. The summed E-state index contributed by atoms with van der Waals surface area (Å²) in [4.78, 5) is 17.9.